The minimum absolute atomic E-state index is 0.365. The molecule has 0 spiro atoms. The van der Waals surface area contributed by atoms with Gasteiger partial charge in [-0.05, 0) is 51.4 Å². The fourth-order valence-corrected chi connectivity index (χ4v) is 11.4. The fourth-order valence-electron chi connectivity index (χ4n) is 11.4. The molecular formula is C71H139NO5. The molecule has 0 aromatic rings. The number of amides is 1. The zero-order valence-corrected chi connectivity index (χ0v) is 52.2. The first-order valence-electron chi connectivity index (χ1n) is 35.2. The summed E-state index contributed by atoms with van der Waals surface area (Å²) in [7, 11) is 0. The van der Waals surface area contributed by atoms with Crippen LogP contribution in [-0.4, -0.2) is 57.3 Å². The van der Waals surface area contributed by atoms with Crippen LogP contribution in [0.3, 0.4) is 0 Å². The van der Waals surface area contributed by atoms with Crippen LogP contribution in [0.25, 0.3) is 0 Å². The normalized spacial score (nSPS) is 13.6. The first-order valence-corrected chi connectivity index (χ1v) is 35.2. The highest BCUT2D eigenvalue weighted by Crippen LogP contribution is 2.20. The van der Waals surface area contributed by atoms with Crippen molar-refractivity contribution in [1.29, 1.82) is 0 Å². The standard InChI is InChI=1S/C71H139NO5/c1-3-5-7-9-11-13-15-17-19-21-23-25-27-29-31-33-34-35-37-38-40-42-44-46-48-50-52-54-56-58-60-62-64-68(74)70(76)67(66-73)72-71(77)69(75)65-63-61-59-57-55-53-51-49-47-45-43-41-39-36-32-30-28-26-24-22-20-18-16-14-12-10-8-6-4-2/h48,50,56,58,67-70,73-76H,3-47,49,51-55,57,59-66H2,1-2H3,(H,72,77)/b50-48+,58-56+. The molecule has 0 bridgehead atoms. The number of hydrogen-bond donors (Lipinski definition) is 5. The van der Waals surface area contributed by atoms with Crippen molar-refractivity contribution in [3.05, 3.63) is 24.3 Å². The highest BCUT2D eigenvalue weighted by Gasteiger charge is 2.28. The van der Waals surface area contributed by atoms with Gasteiger partial charge in [-0.2, -0.15) is 0 Å². The predicted molar refractivity (Wildman–Crippen MR) is 339 cm³/mol. The second-order valence-electron chi connectivity index (χ2n) is 24.6. The van der Waals surface area contributed by atoms with E-state index in [2.05, 4.69) is 43.5 Å². The molecule has 0 aliphatic carbocycles. The number of aliphatic hydroxyl groups excluding tert-OH is 4. The molecule has 4 atom stereocenters. The average Bonchev–Trinajstić information content (AvgIpc) is 3.43. The van der Waals surface area contributed by atoms with E-state index in [4.69, 9.17) is 0 Å². The third-order valence-corrected chi connectivity index (χ3v) is 16.9. The summed E-state index contributed by atoms with van der Waals surface area (Å²) in [6.45, 7) is 4.10. The number of unbranched alkanes of at least 4 members (excludes halogenated alkanes) is 53. The zero-order valence-electron chi connectivity index (χ0n) is 52.2. The van der Waals surface area contributed by atoms with E-state index in [9.17, 15) is 25.2 Å². The Labute approximate surface area is 482 Å². The molecular weight excluding hydrogens is 947 g/mol. The number of carbonyl (C=O) groups excluding carboxylic acids is 1. The lowest BCUT2D eigenvalue weighted by Crippen LogP contribution is -2.53. The van der Waals surface area contributed by atoms with Crippen LogP contribution in [0.1, 0.15) is 393 Å². The van der Waals surface area contributed by atoms with Crippen molar-refractivity contribution in [2.45, 2.75) is 417 Å². The summed E-state index contributed by atoms with van der Waals surface area (Å²) in [5, 5.41) is 44.2. The van der Waals surface area contributed by atoms with E-state index >= 15 is 0 Å². The maximum Gasteiger partial charge on any atom is 0.249 e. The third-order valence-electron chi connectivity index (χ3n) is 16.9. The smallest absolute Gasteiger partial charge is 0.249 e. The first kappa shape index (κ1) is 75.8. The third kappa shape index (κ3) is 59.2. The van der Waals surface area contributed by atoms with Crippen LogP contribution in [-0.2, 0) is 4.79 Å². The SMILES string of the molecule is CCCCCCCCCCCCCCCCCCCCCCCCC/C=C/CC/C=C/CCCC(O)C(O)C(CO)NC(=O)C(O)CCCCCCCCCCCCCCCCCCCCCCCCCCCCCCC. The highest BCUT2D eigenvalue weighted by molar-refractivity contribution is 5.80. The van der Waals surface area contributed by atoms with Gasteiger partial charge in [0.05, 0.1) is 18.8 Å². The Morgan fingerprint density at radius 1 is 0.312 bits per heavy atom. The number of nitrogens with one attached hydrogen (secondary N) is 1. The Morgan fingerprint density at radius 3 is 0.818 bits per heavy atom. The lowest BCUT2D eigenvalue weighted by molar-refractivity contribution is -0.132. The van der Waals surface area contributed by atoms with Crippen molar-refractivity contribution >= 4 is 5.91 Å². The monoisotopic (exact) mass is 1090 g/mol. The zero-order chi connectivity index (χ0) is 55.8. The van der Waals surface area contributed by atoms with E-state index in [1.165, 1.54) is 321 Å². The summed E-state index contributed by atoms with van der Waals surface area (Å²) in [6, 6.07) is -1.01. The highest BCUT2D eigenvalue weighted by atomic mass is 16.3. The molecule has 0 saturated carbocycles. The molecule has 0 heterocycles. The Balaban J connectivity index is 3.57. The summed E-state index contributed by atoms with van der Waals surface area (Å²) in [4.78, 5) is 12.7. The largest absolute Gasteiger partial charge is 0.394 e. The van der Waals surface area contributed by atoms with E-state index in [1.807, 2.05) is 0 Å². The van der Waals surface area contributed by atoms with Gasteiger partial charge in [-0.25, -0.2) is 0 Å². The summed E-state index contributed by atoms with van der Waals surface area (Å²) < 4.78 is 0. The number of aliphatic hydroxyl groups is 4. The molecule has 0 aliphatic rings. The van der Waals surface area contributed by atoms with Gasteiger partial charge >= 0.3 is 0 Å². The second-order valence-corrected chi connectivity index (χ2v) is 24.6. The summed E-state index contributed by atoms with van der Waals surface area (Å²) in [6.07, 6.45) is 83.2. The molecule has 0 aromatic carbocycles. The minimum Gasteiger partial charge on any atom is -0.394 e. The Hall–Kier alpha value is -1.21. The number of rotatable bonds is 66. The maximum absolute atomic E-state index is 12.7. The van der Waals surface area contributed by atoms with Gasteiger partial charge in [0.25, 0.3) is 0 Å². The molecule has 0 saturated heterocycles. The van der Waals surface area contributed by atoms with Crippen molar-refractivity contribution in [1.82, 2.24) is 5.32 Å². The summed E-state index contributed by atoms with van der Waals surface area (Å²) in [5.74, 6) is -0.589. The number of hydrogen-bond acceptors (Lipinski definition) is 5. The van der Waals surface area contributed by atoms with Crippen LogP contribution in [0.5, 0.6) is 0 Å². The molecule has 0 fully saturated rings. The van der Waals surface area contributed by atoms with Gasteiger partial charge in [0, 0.05) is 0 Å². The molecule has 4 unspecified atom stereocenters. The average molecular weight is 1090 g/mol. The maximum atomic E-state index is 12.7. The molecule has 458 valence electrons. The van der Waals surface area contributed by atoms with Gasteiger partial charge in [0.1, 0.15) is 12.2 Å². The van der Waals surface area contributed by atoms with Crippen molar-refractivity contribution in [3.8, 4) is 0 Å². The molecule has 6 heteroatoms. The molecule has 1 amide bonds. The van der Waals surface area contributed by atoms with Crippen molar-refractivity contribution in [2.75, 3.05) is 6.61 Å². The van der Waals surface area contributed by atoms with E-state index in [1.54, 1.807) is 0 Å². The van der Waals surface area contributed by atoms with Gasteiger partial charge in [0.2, 0.25) is 5.91 Å². The van der Waals surface area contributed by atoms with Gasteiger partial charge in [-0.1, -0.05) is 366 Å². The van der Waals surface area contributed by atoms with Crippen molar-refractivity contribution in [2.24, 2.45) is 0 Å². The molecule has 0 aromatic heterocycles. The van der Waals surface area contributed by atoms with Crippen molar-refractivity contribution < 1.29 is 25.2 Å². The Morgan fingerprint density at radius 2 is 0.545 bits per heavy atom. The quantitative estimate of drug-likeness (QED) is 0.0308. The van der Waals surface area contributed by atoms with Crippen LogP contribution in [0.2, 0.25) is 0 Å². The van der Waals surface area contributed by atoms with Gasteiger partial charge in [0.15, 0.2) is 0 Å². The predicted octanol–water partition coefficient (Wildman–Crippen LogP) is 21.7. The van der Waals surface area contributed by atoms with Crippen LogP contribution in [0.15, 0.2) is 24.3 Å². The lowest BCUT2D eigenvalue weighted by atomic mass is 10.00. The first-order chi connectivity index (χ1) is 38.0. The second kappa shape index (κ2) is 65.6. The van der Waals surface area contributed by atoms with Crippen LogP contribution in [0.4, 0.5) is 0 Å². The minimum atomic E-state index is -1.29. The number of allylic oxidation sites excluding steroid dienone is 4. The fraction of sp³-hybridized carbons (Fsp3) is 0.930. The van der Waals surface area contributed by atoms with E-state index in [0.29, 0.717) is 19.3 Å². The molecule has 0 rings (SSSR count). The van der Waals surface area contributed by atoms with E-state index in [-0.39, 0.29) is 0 Å². The van der Waals surface area contributed by atoms with Crippen LogP contribution in [0, 0.1) is 0 Å². The molecule has 5 N–H and O–H groups in total. The van der Waals surface area contributed by atoms with Gasteiger partial charge in [-0.3, -0.25) is 4.79 Å². The molecule has 0 aliphatic heterocycles. The Kier molecular flexibility index (Phi) is 64.6. The molecule has 6 nitrogen and oxygen atoms in total. The molecule has 0 radical (unpaired) electrons. The summed E-state index contributed by atoms with van der Waals surface area (Å²) in [5.41, 5.74) is 0. The van der Waals surface area contributed by atoms with Crippen LogP contribution < -0.4 is 5.32 Å². The van der Waals surface area contributed by atoms with Crippen LogP contribution >= 0.6 is 0 Å². The summed E-state index contributed by atoms with van der Waals surface area (Å²) >= 11 is 0. The van der Waals surface area contributed by atoms with E-state index in [0.717, 1.165) is 38.5 Å². The van der Waals surface area contributed by atoms with E-state index < -0.39 is 36.9 Å². The van der Waals surface area contributed by atoms with Gasteiger partial charge < -0.3 is 25.7 Å². The number of carbonyl (C=O) groups is 1. The van der Waals surface area contributed by atoms with Gasteiger partial charge in [-0.15, -0.1) is 0 Å². The Bertz CT molecular complexity index is 1170. The van der Waals surface area contributed by atoms with Crippen molar-refractivity contribution in [3.63, 3.8) is 0 Å². The topological polar surface area (TPSA) is 110 Å². The molecule has 77 heavy (non-hydrogen) atoms. The lowest BCUT2D eigenvalue weighted by Gasteiger charge is -2.27.